The number of aromatic nitrogens is 2. The van der Waals surface area contributed by atoms with Crippen molar-refractivity contribution < 1.29 is 26.3 Å². The molecule has 0 bridgehead atoms. The minimum Gasteiger partial charge on any atom is -0.379 e. The molecule has 1 aromatic heterocycles. The zero-order valence-electron chi connectivity index (χ0n) is 13.9. The van der Waals surface area contributed by atoms with E-state index < -0.39 is 22.1 Å². The molecule has 146 valence electrons. The Morgan fingerprint density at radius 3 is 2.38 bits per heavy atom. The van der Waals surface area contributed by atoms with Crippen molar-refractivity contribution in [2.45, 2.75) is 25.1 Å². The summed E-state index contributed by atoms with van der Waals surface area (Å²) in [6, 6.07) is 0.654. The fourth-order valence-corrected chi connectivity index (χ4v) is 4.41. The van der Waals surface area contributed by atoms with E-state index in [9.17, 15) is 21.6 Å². The third-order valence-corrected chi connectivity index (χ3v) is 6.06. The van der Waals surface area contributed by atoms with Gasteiger partial charge in [0.15, 0.2) is 0 Å². The van der Waals surface area contributed by atoms with Gasteiger partial charge in [0.1, 0.15) is 17.8 Å². The summed E-state index contributed by atoms with van der Waals surface area (Å²) >= 11 is 0. The van der Waals surface area contributed by atoms with E-state index in [1.54, 1.807) is 4.90 Å². The molecule has 12 heteroatoms. The van der Waals surface area contributed by atoms with Gasteiger partial charge in [0.05, 0.1) is 13.2 Å². The summed E-state index contributed by atoms with van der Waals surface area (Å²) in [6.45, 7) is 2.18. The molecule has 1 N–H and O–H groups in total. The van der Waals surface area contributed by atoms with E-state index in [0.29, 0.717) is 52.2 Å². The van der Waals surface area contributed by atoms with Gasteiger partial charge in [-0.1, -0.05) is 0 Å². The predicted octanol–water partition coefficient (Wildman–Crippen LogP) is 0.631. The molecule has 2 aliphatic heterocycles. The molecule has 2 aliphatic rings. The first-order valence-corrected chi connectivity index (χ1v) is 9.69. The van der Waals surface area contributed by atoms with E-state index in [-0.39, 0.29) is 11.9 Å². The lowest BCUT2D eigenvalue weighted by molar-refractivity contribution is -0.141. The van der Waals surface area contributed by atoms with Gasteiger partial charge in [0, 0.05) is 38.3 Å². The van der Waals surface area contributed by atoms with Crippen LogP contribution >= 0.6 is 0 Å². The fraction of sp³-hybridized carbons (Fsp3) is 0.714. The zero-order valence-corrected chi connectivity index (χ0v) is 14.8. The average Bonchev–Trinajstić information content (AvgIpc) is 2.62. The molecule has 3 rings (SSSR count). The first kappa shape index (κ1) is 19.3. The smallest absolute Gasteiger partial charge is 0.379 e. The van der Waals surface area contributed by atoms with Gasteiger partial charge in [0.2, 0.25) is 0 Å². The molecular formula is C14H20F3N5O3S. The Morgan fingerprint density at radius 2 is 1.77 bits per heavy atom. The Morgan fingerprint density at radius 1 is 1.12 bits per heavy atom. The second-order valence-electron chi connectivity index (χ2n) is 6.15. The summed E-state index contributed by atoms with van der Waals surface area (Å²) < 4.78 is 72.2. The molecule has 3 heterocycles. The number of ether oxygens (including phenoxy) is 1. The number of halogens is 3. The van der Waals surface area contributed by atoms with Crippen molar-refractivity contribution in [3.8, 4) is 0 Å². The largest absolute Gasteiger partial charge is 0.433 e. The molecule has 26 heavy (non-hydrogen) atoms. The number of anilines is 1. The van der Waals surface area contributed by atoms with Crippen LogP contribution in [0.1, 0.15) is 18.5 Å². The molecule has 8 nitrogen and oxygen atoms in total. The highest BCUT2D eigenvalue weighted by atomic mass is 32.2. The highest BCUT2D eigenvalue weighted by Crippen LogP contribution is 2.29. The predicted molar refractivity (Wildman–Crippen MR) is 86.7 cm³/mol. The SMILES string of the molecule is O=S(=O)(NC1CCN(c2cc(C(F)(F)F)ncn2)CC1)N1CCOCC1. The lowest BCUT2D eigenvalue weighted by atomic mass is 10.1. The lowest BCUT2D eigenvalue weighted by Crippen LogP contribution is -2.52. The van der Waals surface area contributed by atoms with Crippen LogP contribution < -0.4 is 9.62 Å². The van der Waals surface area contributed by atoms with Gasteiger partial charge in [0.25, 0.3) is 10.2 Å². The van der Waals surface area contributed by atoms with Crippen molar-refractivity contribution in [2.75, 3.05) is 44.3 Å². The van der Waals surface area contributed by atoms with Gasteiger partial charge < -0.3 is 9.64 Å². The number of alkyl halides is 3. The minimum absolute atomic E-state index is 0.196. The van der Waals surface area contributed by atoms with Crippen LogP contribution in [0.3, 0.4) is 0 Å². The van der Waals surface area contributed by atoms with Gasteiger partial charge >= 0.3 is 6.18 Å². The van der Waals surface area contributed by atoms with E-state index in [1.807, 2.05) is 0 Å². The van der Waals surface area contributed by atoms with Crippen LogP contribution in [-0.2, 0) is 21.1 Å². The van der Waals surface area contributed by atoms with Crippen molar-refractivity contribution in [1.82, 2.24) is 19.0 Å². The molecule has 0 saturated carbocycles. The standard InChI is InChI=1S/C14H20F3N5O3S/c15-14(16,17)12-9-13(19-10-18-12)21-3-1-11(2-4-21)20-26(23,24)22-5-7-25-8-6-22/h9-11,20H,1-8H2. The molecule has 0 unspecified atom stereocenters. The lowest BCUT2D eigenvalue weighted by Gasteiger charge is -2.34. The van der Waals surface area contributed by atoms with Crippen molar-refractivity contribution in [3.05, 3.63) is 18.1 Å². The highest BCUT2D eigenvalue weighted by Gasteiger charge is 2.34. The van der Waals surface area contributed by atoms with E-state index in [4.69, 9.17) is 4.74 Å². The van der Waals surface area contributed by atoms with Crippen molar-refractivity contribution in [2.24, 2.45) is 0 Å². The molecule has 0 amide bonds. The first-order chi connectivity index (χ1) is 12.3. The molecule has 2 saturated heterocycles. The molecule has 0 atom stereocenters. The van der Waals surface area contributed by atoms with Gasteiger partial charge in [-0.15, -0.1) is 0 Å². The van der Waals surface area contributed by atoms with Crippen LogP contribution in [0.25, 0.3) is 0 Å². The van der Waals surface area contributed by atoms with E-state index in [0.717, 1.165) is 12.4 Å². The summed E-state index contributed by atoms with van der Waals surface area (Å²) in [5.74, 6) is 0.196. The maximum Gasteiger partial charge on any atom is 0.433 e. The molecular weight excluding hydrogens is 375 g/mol. The van der Waals surface area contributed by atoms with E-state index in [1.165, 1.54) is 4.31 Å². The van der Waals surface area contributed by atoms with Crippen LogP contribution in [0.2, 0.25) is 0 Å². The summed E-state index contributed by atoms with van der Waals surface area (Å²) in [5.41, 5.74) is -0.988. The molecule has 2 fully saturated rings. The summed E-state index contributed by atoms with van der Waals surface area (Å²) in [4.78, 5) is 8.86. The Kier molecular flexibility index (Phi) is 5.65. The number of hydrogen-bond donors (Lipinski definition) is 1. The van der Waals surface area contributed by atoms with Gasteiger partial charge in [-0.2, -0.15) is 30.6 Å². The van der Waals surface area contributed by atoms with E-state index >= 15 is 0 Å². The fourth-order valence-electron chi connectivity index (χ4n) is 2.97. The maximum absolute atomic E-state index is 12.8. The monoisotopic (exact) mass is 395 g/mol. The third-order valence-electron chi connectivity index (χ3n) is 4.39. The molecule has 0 aliphatic carbocycles. The minimum atomic E-state index is -4.52. The van der Waals surface area contributed by atoms with Crippen molar-refractivity contribution in [1.29, 1.82) is 0 Å². The van der Waals surface area contributed by atoms with Crippen LogP contribution in [-0.4, -0.2) is 68.1 Å². The third kappa shape index (κ3) is 4.61. The first-order valence-electron chi connectivity index (χ1n) is 8.25. The van der Waals surface area contributed by atoms with Crippen LogP contribution in [0.15, 0.2) is 12.4 Å². The summed E-state index contributed by atoms with van der Waals surface area (Å²) in [6.07, 6.45) is -2.67. The quantitative estimate of drug-likeness (QED) is 0.805. The Hall–Kier alpha value is -1.50. The average molecular weight is 395 g/mol. The molecule has 0 radical (unpaired) electrons. The number of nitrogens with zero attached hydrogens (tertiary/aromatic N) is 4. The molecule has 0 spiro atoms. The highest BCUT2D eigenvalue weighted by molar-refractivity contribution is 7.87. The summed E-state index contributed by atoms with van der Waals surface area (Å²) in [5, 5.41) is 0. The topological polar surface area (TPSA) is 87.7 Å². The normalized spacial score (nSPS) is 21.1. The Bertz CT molecular complexity index is 717. The van der Waals surface area contributed by atoms with Crippen LogP contribution in [0.5, 0.6) is 0 Å². The maximum atomic E-state index is 12.8. The van der Waals surface area contributed by atoms with Crippen LogP contribution in [0.4, 0.5) is 19.0 Å². The Labute approximate surface area is 149 Å². The van der Waals surface area contributed by atoms with Crippen molar-refractivity contribution in [3.63, 3.8) is 0 Å². The molecule has 1 aromatic rings. The second-order valence-corrected chi connectivity index (χ2v) is 7.86. The van der Waals surface area contributed by atoms with E-state index in [2.05, 4.69) is 14.7 Å². The van der Waals surface area contributed by atoms with Crippen LogP contribution in [0, 0.1) is 0 Å². The number of rotatable bonds is 4. The molecule has 0 aromatic carbocycles. The Balaban J connectivity index is 1.57. The zero-order chi connectivity index (χ0) is 18.8. The number of hydrogen-bond acceptors (Lipinski definition) is 6. The number of piperidine rings is 1. The van der Waals surface area contributed by atoms with Gasteiger partial charge in [-0.25, -0.2) is 9.97 Å². The van der Waals surface area contributed by atoms with Gasteiger partial charge in [-0.3, -0.25) is 0 Å². The van der Waals surface area contributed by atoms with Gasteiger partial charge in [-0.05, 0) is 12.8 Å². The second kappa shape index (κ2) is 7.62. The summed E-state index contributed by atoms with van der Waals surface area (Å²) in [7, 11) is -3.58. The van der Waals surface area contributed by atoms with Crippen molar-refractivity contribution >= 4 is 16.0 Å². The number of nitrogens with one attached hydrogen (secondary N) is 1. The number of morpholine rings is 1.